The fraction of sp³-hybridized carbons (Fsp3) is 0.235. The van der Waals surface area contributed by atoms with Crippen LogP contribution in [0.3, 0.4) is 0 Å². The Balaban J connectivity index is 1.88. The summed E-state index contributed by atoms with van der Waals surface area (Å²) in [6, 6.07) is 12.2. The number of carbonyl (C=O) groups is 1. The Morgan fingerprint density at radius 2 is 1.91 bits per heavy atom. The van der Waals surface area contributed by atoms with Crippen molar-refractivity contribution in [1.82, 2.24) is 5.32 Å². The van der Waals surface area contributed by atoms with Crippen LogP contribution in [0.5, 0.6) is 11.5 Å². The highest BCUT2D eigenvalue weighted by Gasteiger charge is 2.06. The van der Waals surface area contributed by atoms with Gasteiger partial charge in [0.15, 0.2) is 0 Å². The number of hydrogen-bond donors (Lipinski definition) is 3. The van der Waals surface area contributed by atoms with Crippen LogP contribution in [0.2, 0.25) is 0 Å². The minimum Gasteiger partial charge on any atom is -0.506 e. The monoisotopic (exact) mass is 300 g/mol. The van der Waals surface area contributed by atoms with Crippen molar-refractivity contribution in [2.24, 2.45) is 0 Å². The zero-order valence-electron chi connectivity index (χ0n) is 12.7. The molecule has 0 bridgehead atoms. The average molecular weight is 300 g/mol. The average Bonchev–Trinajstić information content (AvgIpc) is 2.51. The van der Waals surface area contributed by atoms with Gasteiger partial charge in [0.1, 0.15) is 11.5 Å². The van der Waals surface area contributed by atoms with Crippen molar-refractivity contribution in [3.63, 3.8) is 0 Å². The van der Waals surface area contributed by atoms with Crippen molar-refractivity contribution in [2.45, 2.75) is 20.4 Å². The van der Waals surface area contributed by atoms with Gasteiger partial charge in [-0.2, -0.15) is 0 Å². The van der Waals surface area contributed by atoms with Crippen molar-refractivity contribution in [2.75, 3.05) is 11.9 Å². The van der Waals surface area contributed by atoms with Crippen molar-refractivity contribution in [3.8, 4) is 11.5 Å². The number of urea groups is 1. The number of nitrogens with one attached hydrogen (secondary N) is 2. The smallest absolute Gasteiger partial charge is 0.319 e. The van der Waals surface area contributed by atoms with E-state index in [1.165, 1.54) is 0 Å². The first-order chi connectivity index (χ1) is 10.6. The Kier molecular flexibility index (Phi) is 5.25. The molecule has 2 aromatic rings. The SMILES string of the molecule is CCOc1ccc(CNC(=O)Nc2cc(C)ccc2O)cc1. The van der Waals surface area contributed by atoms with Crippen LogP contribution < -0.4 is 15.4 Å². The van der Waals surface area contributed by atoms with Crippen LogP contribution in [0, 0.1) is 6.92 Å². The standard InChI is InChI=1S/C17H20N2O3/c1-3-22-14-7-5-13(6-8-14)11-18-17(21)19-15-10-12(2)4-9-16(15)20/h4-10,20H,3,11H2,1-2H3,(H2,18,19,21). The van der Waals surface area contributed by atoms with Crippen molar-refractivity contribution >= 4 is 11.7 Å². The molecule has 2 amide bonds. The Labute approximate surface area is 129 Å². The van der Waals surface area contributed by atoms with Gasteiger partial charge in [0.2, 0.25) is 0 Å². The van der Waals surface area contributed by atoms with Crippen LogP contribution >= 0.6 is 0 Å². The van der Waals surface area contributed by atoms with Crippen LogP contribution in [-0.2, 0) is 6.54 Å². The van der Waals surface area contributed by atoms with Crippen LogP contribution in [0.25, 0.3) is 0 Å². The summed E-state index contributed by atoms with van der Waals surface area (Å²) >= 11 is 0. The number of aromatic hydroxyl groups is 1. The summed E-state index contributed by atoms with van der Waals surface area (Å²) in [5.41, 5.74) is 2.32. The molecular formula is C17H20N2O3. The summed E-state index contributed by atoms with van der Waals surface area (Å²) in [6.45, 7) is 4.84. The minimum absolute atomic E-state index is 0.0433. The molecule has 0 unspecified atom stereocenters. The maximum Gasteiger partial charge on any atom is 0.319 e. The summed E-state index contributed by atoms with van der Waals surface area (Å²) in [5, 5.41) is 15.1. The summed E-state index contributed by atoms with van der Waals surface area (Å²) in [6.07, 6.45) is 0. The van der Waals surface area contributed by atoms with Gasteiger partial charge in [0, 0.05) is 6.54 Å². The number of rotatable bonds is 5. The van der Waals surface area contributed by atoms with E-state index in [4.69, 9.17) is 4.74 Å². The topological polar surface area (TPSA) is 70.6 Å². The molecule has 0 aliphatic rings. The van der Waals surface area contributed by atoms with E-state index in [1.807, 2.05) is 38.1 Å². The minimum atomic E-state index is -0.366. The summed E-state index contributed by atoms with van der Waals surface area (Å²) in [4.78, 5) is 11.9. The normalized spacial score (nSPS) is 10.1. The van der Waals surface area contributed by atoms with Crippen molar-refractivity contribution in [1.29, 1.82) is 0 Å². The van der Waals surface area contributed by atoms with Gasteiger partial charge in [0.25, 0.3) is 0 Å². The van der Waals surface area contributed by atoms with E-state index in [2.05, 4.69) is 10.6 Å². The third-order valence-corrected chi connectivity index (χ3v) is 3.09. The molecule has 116 valence electrons. The molecular weight excluding hydrogens is 280 g/mol. The predicted molar refractivity (Wildman–Crippen MR) is 86.3 cm³/mol. The zero-order chi connectivity index (χ0) is 15.9. The van der Waals surface area contributed by atoms with Gasteiger partial charge >= 0.3 is 6.03 Å². The molecule has 0 aromatic heterocycles. The van der Waals surface area contributed by atoms with E-state index >= 15 is 0 Å². The number of anilines is 1. The molecule has 3 N–H and O–H groups in total. The molecule has 0 saturated carbocycles. The second-order valence-corrected chi connectivity index (χ2v) is 4.91. The van der Waals surface area contributed by atoms with Crippen LogP contribution in [-0.4, -0.2) is 17.7 Å². The van der Waals surface area contributed by atoms with E-state index < -0.39 is 0 Å². The summed E-state index contributed by atoms with van der Waals surface area (Å²) in [7, 11) is 0. The van der Waals surface area contributed by atoms with E-state index in [0.29, 0.717) is 18.8 Å². The van der Waals surface area contributed by atoms with Crippen molar-refractivity contribution < 1.29 is 14.6 Å². The molecule has 0 radical (unpaired) electrons. The lowest BCUT2D eigenvalue weighted by Gasteiger charge is -2.10. The van der Waals surface area contributed by atoms with Crippen LogP contribution in [0.15, 0.2) is 42.5 Å². The second-order valence-electron chi connectivity index (χ2n) is 4.91. The molecule has 0 atom stereocenters. The highest BCUT2D eigenvalue weighted by Crippen LogP contribution is 2.23. The van der Waals surface area contributed by atoms with Crippen molar-refractivity contribution in [3.05, 3.63) is 53.6 Å². The molecule has 2 aromatic carbocycles. The molecule has 0 heterocycles. The second kappa shape index (κ2) is 7.36. The first-order valence-electron chi connectivity index (χ1n) is 7.14. The first-order valence-corrected chi connectivity index (χ1v) is 7.14. The van der Waals surface area contributed by atoms with E-state index in [1.54, 1.807) is 18.2 Å². The Morgan fingerprint density at radius 1 is 1.18 bits per heavy atom. The number of benzene rings is 2. The van der Waals surface area contributed by atoms with Gasteiger partial charge in [-0.3, -0.25) is 0 Å². The molecule has 2 rings (SSSR count). The first kappa shape index (κ1) is 15.7. The summed E-state index contributed by atoms with van der Waals surface area (Å²) in [5.74, 6) is 0.849. The van der Waals surface area contributed by atoms with Crippen LogP contribution in [0.4, 0.5) is 10.5 Å². The van der Waals surface area contributed by atoms with Gasteiger partial charge < -0.3 is 20.5 Å². The third kappa shape index (κ3) is 4.41. The fourth-order valence-electron chi connectivity index (χ4n) is 1.97. The Morgan fingerprint density at radius 3 is 2.59 bits per heavy atom. The summed E-state index contributed by atoms with van der Waals surface area (Å²) < 4.78 is 5.36. The molecule has 0 saturated heterocycles. The van der Waals surface area contributed by atoms with Gasteiger partial charge in [-0.05, 0) is 49.2 Å². The highest BCUT2D eigenvalue weighted by atomic mass is 16.5. The lowest BCUT2D eigenvalue weighted by molar-refractivity contribution is 0.251. The quantitative estimate of drug-likeness (QED) is 0.741. The number of phenolic OH excluding ortho intramolecular Hbond substituents is 1. The number of hydrogen-bond acceptors (Lipinski definition) is 3. The number of phenols is 1. The van der Waals surface area contributed by atoms with E-state index in [9.17, 15) is 9.90 Å². The maximum atomic E-state index is 11.9. The molecule has 5 nitrogen and oxygen atoms in total. The maximum absolute atomic E-state index is 11.9. The molecule has 0 fully saturated rings. The fourth-order valence-corrected chi connectivity index (χ4v) is 1.97. The van der Waals surface area contributed by atoms with E-state index in [0.717, 1.165) is 16.9 Å². The number of carbonyl (C=O) groups excluding carboxylic acids is 1. The molecule has 0 aliphatic heterocycles. The number of ether oxygens (including phenoxy) is 1. The van der Waals surface area contributed by atoms with Crippen LogP contribution in [0.1, 0.15) is 18.1 Å². The number of amides is 2. The Bertz CT molecular complexity index is 639. The number of aryl methyl sites for hydroxylation is 1. The predicted octanol–water partition coefficient (Wildman–Crippen LogP) is 3.42. The van der Waals surface area contributed by atoms with Gasteiger partial charge in [-0.1, -0.05) is 18.2 Å². The molecule has 0 spiro atoms. The zero-order valence-corrected chi connectivity index (χ0v) is 12.7. The molecule has 5 heteroatoms. The highest BCUT2D eigenvalue weighted by molar-refractivity contribution is 5.90. The van der Waals surface area contributed by atoms with E-state index in [-0.39, 0.29) is 11.8 Å². The lowest BCUT2D eigenvalue weighted by atomic mass is 10.2. The molecule has 22 heavy (non-hydrogen) atoms. The third-order valence-electron chi connectivity index (χ3n) is 3.09. The Hall–Kier alpha value is -2.69. The molecule has 0 aliphatic carbocycles. The van der Waals surface area contributed by atoms with Gasteiger partial charge in [0.05, 0.1) is 12.3 Å². The van der Waals surface area contributed by atoms with Gasteiger partial charge in [-0.25, -0.2) is 4.79 Å². The lowest BCUT2D eigenvalue weighted by Crippen LogP contribution is -2.28. The van der Waals surface area contributed by atoms with Gasteiger partial charge in [-0.15, -0.1) is 0 Å². The largest absolute Gasteiger partial charge is 0.506 e.